The Bertz CT molecular complexity index is 531. The van der Waals surface area contributed by atoms with Crippen LogP contribution in [0.1, 0.15) is 43.6 Å². The molecule has 4 rings (SSSR count). The third-order valence-corrected chi connectivity index (χ3v) is 5.82. The van der Waals surface area contributed by atoms with Crippen LogP contribution in [0.2, 0.25) is 0 Å². The van der Waals surface area contributed by atoms with Crippen molar-refractivity contribution in [3.8, 4) is 0 Å². The maximum atomic E-state index is 4.57. The van der Waals surface area contributed by atoms with Crippen LogP contribution in [0.25, 0.3) is 0 Å². The van der Waals surface area contributed by atoms with Crippen molar-refractivity contribution in [1.82, 2.24) is 10.2 Å². The number of fused-ring (bicyclic) bond motifs is 1. The Morgan fingerprint density at radius 2 is 1.74 bits per heavy atom. The molecule has 23 heavy (non-hydrogen) atoms. The van der Waals surface area contributed by atoms with Gasteiger partial charge in [-0.2, -0.15) is 0 Å². The summed E-state index contributed by atoms with van der Waals surface area (Å²) in [4.78, 5) is 7.08. The molecule has 0 radical (unpaired) electrons. The summed E-state index contributed by atoms with van der Waals surface area (Å²) in [5.74, 6) is 3.63. The van der Waals surface area contributed by atoms with Gasteiger partial charge in [0, 0.05) is 32.1 Å². The number of nitrogens with one attached hydrogen (secondary N) is 1. The number of hydrogen-bond acceptors (Lipinski definition) is 1. The van der Waals surface area contributed by atoms with Crippen LogP contribution in [0.15, 0.2) is 35.3 Å². The van der Waals surface area contributed by atoms with E-state index in [1.807, 2.05) is 7.05 Å². The molecule has 1 N–H and O–H groups in total. The average molecular weight is 425 g/mol. The third kappa shape index (κ3) is 3.67. The Morgan fingerprint density at radius 3 is 2.35 bits per heavy atom. The summed E-state index contributed by atoms with van der Waals surface area (Å²) in [5.41, 5.74) is 1.46. The topological polar surface area (TPSA) is 27.6 Å². The molecule has 1 saturated heterocycles. The van der Waals surface area contributed by atoms with Gasteiger partial charge in [-0.1, -0.05) is 43.2 Å². The Morgan fingerprint density at radius 1 is 1.09 bits per heavy atom. The van der Waals surface area contributed by atoms with Crippen LogP contribution >= 0.6 is 24.0 Å². The van der Waals surface area contributed by atoms with E-state index < -0.39 is 0 Å². The fraction of sp³-hybridized carbons (Fsp3) is 0.632. The van der Waals surface area contributed by atoms with Crippen molar-refractivity contribution in [3.05, 3.63) is 35.9 Å². The van der Waals surface area contributed by atoms with Gasteiger partial charge in [-0.3, -0.25) is 4.99 Å². The van der Waals surface area contributed by atoms with Gasteiger partial charge in [0.25, 0.3) is 0 Å². The Kier molecular flexibility index (Phi) is 5.49. The second-order valence-electron chi connectivity index (χ2n) is 7.26. The number of benzene rings is 1. The molecule has 1 heterocycles. The molecule has 2 aliphatic carbocycles. The fourth-order valence-electron chi connectivity index (χ4n) is 4.47. The van der Waals surface area contributed by atoms with E-state index in [1.54, 1.807) is 0 Å². The molecular weight excluding hydrogens is 397 g/mol. The normalized spacial score (nSPS) is 32.9. The summed E-state index contributed by atoms with van der Waals surface area (Å²) < 4.78 is 0. The highest BCUT2D eigenvalue weighted by Gasteiger charge is 2.41. The van der Waals surface area contributed by atoms with Crippen LogP contribution in [0, 0.1) is 11.8 Å². The van der Waals surface area contributed by atoms with Crippen molar-refractivity contribution in [3.63, 3.8) is 0 Å². The molecule has 0 aromatic heterocycles. The van der Waals surface area contributed by atoms with Crippen molar-refractivity contribution >= 4 is 29.9 Å². The highest BCUT2D eigenvalue weighted by atomic mass is 127. The first kappa shape index (κ1) is 17.1. The Labute approximate surface area is 157 Å². The number of guanidine groups is 1. The lowest BCUT2D eigenvalue weighted by atomic mass is 9.82. The summed E-state index contributed by atoms with van der Waals surface area (Å²) in [6, 6.07) is 11.5. The zero-order valence-electron chi connectivity index (χ0n) is 13.9. The minimum Gasteiger partial charge on any atom is -0.353 e. The van der Waals surface area contributed by atoms with Gasteiger partial charge >= 0.3 is 0 Å². The largest absolute Gasteiger partial charge is 0.353 e. The minimum absolute atomic E-state index is 0. The van der Waals surface area contributed by atoms with Gasteiger partial charge in [-0.05, 0) is 36.7 Å². The van der Waals surface area contributed by atoms with Gasteiger partial charge in [0.05, 0.1) is 0 Å². The molecule has 0 amide bonds. The lowest BCUT2D eigenvalue weighted by molar-refractivity contribution is 0.299. The molecule has 4 unspecified atom stereocenters. The Hall–Kier alpha value is -0.780. The monoisotopic (exact) mass is 425 g/mol. The predicted octanol–water partition coefficient (Wildman–Crippen LogP) is 3.86. The highest BCUT2D eigenvalue weighted by molar-refractivity contribution is 14.0. The molecule has 4 atom stereocenters. The number of likely N-dealkylation sites (tertiary alicyclic amines) is 1. The van der Waals surface area contributed by atoms with E-state index in [9.17, 15) is 0 Å². The van der Waals surface area contributed by atoms with Gasteiger partial charge < -0.3 is 10.2 Å². The van der Waals surface area contributed by atoms with Crippen LogP contribution in [-0.2, 0) is 0 Å². The van der Waals surface area contributed by atoms with Crippen LogP contribution in [-0.4, -0.2) is 37.0 Å². The van der Waals surface area contributed by atoms with Crippen LogP contribution in [0.5, 0.6) is 0 Å². The number of nitrogens with zero attached hydrogens (tertiary/aromatic N) is 2. The first-order chi connectivity index (χ1) is 10.8. The maximum Gasteiger partial charge on any atom is 0.193 e. The van der Waals surface area contributed by atoms with E-state index in [4.69, 9.17) is 0 Å². The molecule has 0 bridgehead atoms. The van der Waals surface area contributed by atoms with Gasteiger partial charge in [0.1, 0.15) is 0 Å². The standard InChI is InChI=1S/C19H27N3.HI/c1-20-19(22-12-15-9-5-6-10-16(15)13-22)21-18-11-17(18)14-7-3-2-4-8-14;/h2-4,7-8,15-18H,5-6,9-13H2,1H3,(H,20,21);1H. The molecule has 2 saturated carbocycles. The molecule has 3 nitrogen and oxygen atoms in total. The molecule has 1 aliphatic heterocycles. The molecule has 126 valence electrons. The summed E-state index contributed by atoms with van der Waals surface area (Å²) in [5, 5.41) is 3.72. The van der Waals surface area contributed by atoms with Crippen LogP contribution in [0.3, 0.4) is 0 Å². The SMILES string of the molecule is CN=C(NC1CC1c1ccccc1)N1CC2CCCCC2C1.I. The summed E-state index contributed by atoms with van der Waals surface area (Å²) >= 11 is 0. The van der Waals surface area contributed by atoms with E-state index >= 15 is 0 Å². The highest BCUT2D eigenvalue weighted by Crippen LogP contribution is 2.41. The zero-order chi connectivity index (χ0) is 14.9. The van der Waals surface area contributed by atoms with Crippen molar-refractivity contribution < 1.29 is 0 Å². The number of halogens is 1. The van der Waals surface area contributed by atoms with E-state index in [-0.39, 0.29) is 24.0 Å². The molecule has 4 heteroatoms. The van der Waals surface area contributed by atoms with Gasteiger partial charge in [0.2, 0.25) is 0 Å². The van der Waals surface area contributed by atoms with Crippen molar-refractivity contribution in [2.75, 3.05) is 20.1 Å². The number of rotatable bonds is 2. The van der Waals surface area contributed by atoms with Crippen molar-refractivity contribution in [1.29, 1.82) is 0 Å². The van der Waals surface area contributed by atoms with Gasteiger partial charge in [0.15, 0.2) is 5.96 Å². The molecule has 3 fully saturated rings. The summed E-state index contributed by atoms with van der Waals surface area (Å²) in [7, 11) is 1.93. The second kappa shape index (κ2) is 7.41. The second-order valence-corrected chi connectivity index (χ2v) is 7.26. The van der Waals surface area contributed by atoms with Crippen LogP contribution < -0.4 is 5.32 Å². The van der Waals surface area contributed by atoms with E-state index in [0.29, 0.717) is 12.0 Å². The Balaban J connectivity index is 0.00000156. The third-order valence-electron chi connectivity index (χ3n) is 5.82. The first-order valence-electron chi connectivity index (χ1n) is 8.88. The van der Waals surface area contributed by atoms with Crippen molar-refractivity contribution in [2.45, 2.75) is 44.1 Å². The molecule has 3 aliphatic rings. The lowest BCUT2D eigenvalue weighted by Crippen LogP contribution is -2.41. The molecule has 1 aromatic rings. The lowest BCUT2D eigenvalue weighted by Gasteiger charge is -2.22. The molecular formula is C19H28IN3. The van der Waals surface area contributed by atoms with Gasteiger partial charge in [-0.25, -0.2) is 0 Å². The smallest absolute Gasteiger partial charge is 0.193 e. The van der Waals surface area contributed by atoms with Crippen molar-refractivity contribution in [2.24, 2.45) is 16.8 Å². The number of aliphatic imine (C=N–C) groups is 1. The zero-order valence-corrected chi connectivity index (χ0v) is 16.3. The fourth-order valence-corrected chi connectivity index (χ4v) is 4.47. The molecule has 0 spiro atoms. The van der Waals surface area contributed by atoms with E-state index in [2.05, 4.69) is 45.5 Å². The quantitative estimate of drug-likeness (QED) is 0.443. The summed E-state index contributed by atoms with van der Waals surface area (Å²) in [6.45, 7) is 2.43. The predicted molar refractivity (Wildman–Crippen MR) is 107 cm³/mol. The first-order valence-corrected chi connectivity index (χ1v) is 8.88. The maximum absolute atomic E-state index is 4.57. The van der Waals surface area contributed by atoms with Gasteiger partial charge in [-0.15, -0.1) is 24.0 Å². The van der Waals surface area contributed by atoms with E-state index in [0.717, 1.165) is 17.8 Å². The summed E-state index contributed by atoms with van der Waals surface area (Å²) in [6.07, 6.45) is 6.95. The molecule has 1 aromatic carbocycles. The van der Waals surface area contributed by atoms with Crippen LogP contribution in [0.4, 0.5) is 0 Å². The average Bonchev–Trinajstić information content (AvgIpc) is 3.21. The van der Waals surface area contributed by atoms with E-state index in [1.165, 1.54) is 50.8 Å². The number of hydrogen-bond donors (Lipinski definition) is 1. The minimum atomic E-state index is 0.